The van der Waals surface area contributed by atoms with Crippen LogP contribution < -0.4 is 9.80 Å². The number of rotatable bonds is 6. The van der Waals surface area contributed by atoms with Gasteiger partial charge in [0.1, 0.15) is 5.76 Å². The van der Waals surface area contributed by atoms with Gasteiger partial charge in [0.15, 0.2) is 0 Å². The van der Waals surface area contributed by atoms with Crippen LogP contribution in [0.1, 0.15) is 31.0 Å². The summed E-state index contributed by atoms with van der Waals surface area (Å²) in [4.78, 5) is 38.1. The molecule has 1 aliphatic rings. The van der Waals surface area contributed by atoms with Gasteiger partial charge in [0.2, 0.25) is 5.95 Å². The van der Waals surface area contributed by atoms with E-state index in [4.69, 9.17) is 0 Å². The number of anilines is 2. The van der Waals surface area contributed by atoms with Crippen LogP contribution in [0.5, 0.6) is 0 Å². The number of aromatic amines is 1. The van der Waals surface area contributed by atoms with E-state index >= 15 is 0 Å². The van der Waals surface area contributed by atoms with Crippen LogP contribution in [0.25, 0.3) is 16.8 Å². The molecule has 4 aromatic rings. The Morgan fingerprint density at radius 3 is 2.31 bits per heavy atom. The number of aliphatic hydroxyl groups is 1. The van der Waals surface area contributed by atoms with Crippen LogP contribution in [0.15, 0.2) is 82.8 Å². The monoisotopic (exact) mass is 544 g/mol. The zero-order valence-electron chi connectivity index (χ0n) is 19.9. The Balaban J connectivity index is 1.69. The predicted octanol–water partition coefficient (Wildman–Crippen LogP) is 5.80. The van der Waals surface area contributed by atoms with E-state index in [9.17, 15) is 14.7 Å². The molecule has 1 aliphatic heterocycles. The second kappa shape index (κ2) is 9.62. The van der Waals surface area contributed by atoms with Crippen molar-refractivity contribution in [3.05, 3.63) is 94.0 Å². The maximum Gasteiger partial charge on any atom is 0.302 e. The Hall–Kier alpha value is -3.91. The molecule has 0 radical (unpaired) electrons. The second-order valence-corrected chi connectivity index (χ2v) is 9.43. The normalized spacial score (nSPS) is 17.2. The Kier molecular flexibility index (Phi) is 6.36. The number of halogens is 1. The number of para-hydroxylation sites is 2. The van der Waals surface area contributed by atoms with Gasteiger partial charge in [-0.2, -0.15) is 0 Å². The minimum Gasteiger partial charge on any atom is -0.507 e. The van der Waals surface area contributed by atoms with Crippen LogP contribution in [-0.4, -0.2) is 39.9 Å². The molecule has 1 amide bonds. The van der Waals surface area contributed by atoms with Crippen molar-refractivity contribution in [1.29, 1.82) is 0 Å². The third kappa shape index (κ3) is 4.07. The molecule has 5 rings (SSSR count). The molecule has 0 bridgehead atoms. The molecule has 8 heteroatoms. The van der Waals surface area contributed by atoms with E-state index in [0.29, 0.717) is 16.6 Å². The van der Waals surface area contributed by atoms with Gasteiger partial charge >= 0.3 is 5.91 Å². The van der Waals surface area contributed by atoms with E-state index in [1.807, 2.05) is 48.5 Å². The Morgan fingerprint density at radius 2 is 1.67 bits per heavy atom. The second-order valence-electron chi connectivity index (χ2n) is 8.52. The van der Waals surface area contributed by atoms with Crippen molar-refractivity contribution in [1.82, 2.24) is 9.97 Å². The summed E-state index contributed by atoms with van der Waals surface area (Å²) >= 11 is 3.39. The van der Waals surface area contributed by atoms with Crippen LogP contribution in [0, 0.1) is 0 Å². The molecule has 1 atom stereocenters. The number of nitrogens with one attached hydrogen (secondary N) is 1. The maximum atomic E-state index is 13.4. The summed E-state index contributed by atoms with van der Waals surface area (Å²) < 4.78 is 0.838. The number of aliphatic hydroxyl groups excluding tert-OH is 1. The van der Waals surface area contributed by atoms with E-state index < -0.39 is 17.7 Å². The van der Waals surface area contributed by atoms with Crippen molar-refractivity contribution in [3.63, 3.8) is 0 Å². The summed E-state index contributed by atoms with van der Waals surface area (Å²) in [7, 11) is 0. The summed E-state index contributed by atoms with van der Waals surface area (Å²) in [6.07, 6.45) is 0. The third-order valence-electron chi connectivity index (χ3n) is 6.50. The first-order valence-electron chi connectivity index (χ1n) is 11.8. The van der Waals surface area contributed by atoms with Crippen molar-refractivity contribution in [2.75, 3.05) is 22.9 Å². The highest BCUT2D eigenvalue weighted by molar-refractivity contribution is 9.10. The minimum absolute atomic E-state index is 0.0263. The lowest BCUT2D eigenvalue weighted by molar-refractivity contribution is -0.132. The van der Waals surface area contributed by atoms with Crippen LogP contribution in [0.3, 0.4) is 0 Å². The molecule has 36 heavy (non-hydrogen) atoms. The number of imidazole rings is 1. The number of carbonyl (C=O) groups is 2. The molecule has 0 saturated carbocycles. The van der Waals surface area contributed by atoms with Gasteiger partial charge in [-0.3, -0.25) is 14.5 Å². The molecule has 1 saturated heterocycles. The highest BCUT2D eigenvalue weighted by Gasteiger charge is 2.48. The van der Waals surface area contributed by atoms with Crippen molar-refractivity contribution >= 4 is 56.0 Å². The standard InChI is InChI=1S/C28H25BrN4O3/c1-3-32(4-2)20-15-11-17(12-16-20)24-23(25(34)18-9-13-19(29)14-10-18)26(35)27(36)33(24)28-30-21-7-5-6-8-22(21)31-28/h5-16,24,34H,3-4H2,1-2H3,(H,30,31)/b25-23+. The van der Waals surface area contributed by atoms with Crippen LogP contribution >= 0.6 is 15.9 Å². The molecule has 0 spiro atoms. The SMILES string of the molecule is CCN(CC)c1ccc(C2/C(=C(\O)c3ccc(Br)cc3)C(=O)C(=O)N2c2nc3ccccc3[nH]2)cc1. The topological polar surface area (TPSA) is 89.5 Å². The molecule has 1 fully saturated rings. The number of H-pyrrole nitrogens is 1. The van der Waals surface area contributed by atoms with Crippen molar-refractivity contribution in [3.8, 4) is 0 Å². The molecular weight excluding hydrogens is 520 g/mol. The number of benzene rings is 3. The number of hydrogen-bond donors (Lipinski definition) is 2. The van der Waals surface area contributed by atoms with Gasteiger partial charge in [0.05, 0.1) is 22.6 Å². The molecular formula is C28H25BrN4O3. The first kappa shape index (κ1) is 23.8. The fourth-order valence-electron chi connectivity index (χ4n) is 4.64. The smallest absolute Gasteiger partial charge is 0.302 e. The van der Waals surface area contributed by atoms with Gasteiger partial charge in [-0.1, -0.05) is 52.3 Å². The lowest BCUT2D eigenvalue weighted by Gasteiger charge is -2.25. The van der Waals surface area contributed by atoms with Gasteiger partial charge in [-0.05, 0) is 55.8 Å². The molecule has 182 valence electrons. The number of carbonyl (C=O) groups excluding carboxylic acids is 2. The fraction of sp³-hybridized carbons (Fsp3) is 0.179. The highest BCUT2D eigenvalue weighted by Crippen LogP contribution is 2.42. The number of fused-ring (bicyclic) bond motifs is 1. The van der Waals surface area contributed by atoms with Crippen LogP contribution in [-0.2, 0) is 9.59 Å². The Bertz CT molecular complexity index is 1440. The molecule has 0 aliphatic carbocycles. The Morgan fingerprint density at radius 1 is 1.00 bits per heavy atom. The maximum absolute atomic E-state index is 13.4. The van der Waals surface area contributed by atoms with Gasteiger partial charge in [0.25, 0.3) is 5.78 Å². The summed E-state index contributed by atoms with van der Waals surface area (Å²) in [6, 6.07) is 21.3. The molecule has 2 N–H and O–H groups in total. The average Bonchev–Trinajstić information content (AvgIpc) is 3.43. The highest BCUT2D eigenvalue weighted by atomic mass is 79.9. The third-order valence-corrected chi connectivity index (χ3v) is 7.03. The number of hydrogen-bond acceptors (Lipinski definition) is 5. The van der Waals surface area contributed by atoms with E-state index in [0.717, 1.165) is 28.8 Å². The summed E-state index contributed by atoms with van der Waals surface area (Å²) in [6.45, 7) is 5.89. The van der Waals surface area contributed by atoms with E-state index in [-0.39, 0.29) is 17.3 Å². The lowest BCUT2D eigenvalue weighted by Crippen LogP contribution is -2.30. The van der Waals surface area contributed by atoms with Gasteiger partial charge < -0.3 is 15.0 Å². The largest absolute Gasteiger partial charge is 0.507 e. The summed E-state index contributed by atoms with van der Waals surface area (Å²) in [5, 5.41) is 11.3. The van der Waals surface area contributed by atoms with E-state index in [1.54, 1.807) is 24.3 Å². The summed E-state index contributed by atoms with van der Waals surface area (Å²) in [5.74, 6) is -1.47. The zero-order chi connectivity index (χ0) is 25.4. The van der Waals surface area contributed by atoms with Crippen molar-refractivity contribution < 1.29 is 14.7 Å². The first-order chi connectivity index (χ1) is 17.4. The minimum atomic E-state index is -0.847. The molecule has 1 aromatic heterocycles. The van der Waals surface area contributed by atoms with Gasteiger partial charge in [-0.25, -0.2) is 4.98 Å². The molecule has 7 nitrogen and oxygen atoms in total. The molecule has 1 unspecified atom stereocenters. The number of aromatic nitrogens is 2. The van der Waals surface area contributed by atoms with Crippen LogP contribution in [0.2, 0.25) is 0 Å². The average molecular weight is 545 g/mol. The van der Waals surface area contributed by atoms with Gasteiger partial charge in [0, 0.05) is 28.8 Å². The molecule has 3 aromatic carbocycles. The predicted molar refractivity (Wildman–Crippen MR) is 145 cm³/mol. The lowest BCUT2D eigenvalue weighted by atomic mass is 9.95. The molecule has 2 heterocycles. The van der Waals surface area contributed by atoms with E-state index in [2.05, 4.69) is 44.6 Å². The number of ketones is 1. The fourth-order valence-corrected chi connectivity index (χ4v) is 4.90. The van der Waals surface area contributed by atoms with E-state index in [1.165, 1.54) is 4.90 Å². The quantitative estimate of drug-likeness (QED) is 0.182. The zero-order valence-corrected chi connectivity index (χ0v) is 21.5. The number of nitrogens with zero attached hydrogens (tertiary/aromatic N) is 3. The van der Waals surface area contributed by atoms with Crippen molar-refractivity contribution in [2.24, 2.45) is 0 Å². The Labute approximate surface area is 217 Å². The van der Waals surface area contributed by atoms with Crippen LogP contribution in [0.4, 0.5) is 11.6 Å². The summed E-state index contributed by atoms with van der Waals surface area (Å²) in [5.41, 5.74) is 3.64. The van der Waals surface area contributed by atoms with Gasteiger partial charge in [-0.15, -0.1) is 0 Å². The number of Topliss-reactive ketones (excluding diaryl/α,β-unsaturated/α-hetero) is 1. The first-order valence-corrected chi connectivity index (χ1v) is 12.6. The number of amides is 1. The van der Waals surface area contributed by atoms with Crippen molar-refractivity contribution in [2.45, 2.75) is 19.9 Å².